The molecule has 2 heterocycles. The Kier molecular flexibility index (Phi) is 7.43. The summed E-state index contributed by atoms with van der Waals surface area (Å²) in [5.41, 5.74) is 0.762. The zero-order valence-electron chi connectivity index (χ0n) is 18.0. The van der Waals surface area contributed by atoms with Crippen LogP contribution in [-0.4, -0.2) is 57.8 Å². The van der Waals surface area contributed by atoms with E-state index >= 15 is 0 Å². The van der Waals surface area contributed by atoms with E-state index in [1.165, 1.54) is 36.4 Å². The maximum Gasteiger partial charge on any atom is 0.251 e. The lowest BCUT2D eigenvalue weighted by molar-refractivity contribution is -0.124. The van der Waals surface area contributed by atoms with Gasteiger partial charge in [-0.1, -0.05) is 11.6 Å². The minimum Gasteiger partial charge on any atom is -0.376 e. The molecular weight excluding hydrogens is 470 g/mol. The maximum absolute atomic E-state index is 13.7. The third-order valence-corrected chi connectivity index (χ3v) is 5.49. The van der Waals surface area contributed by atoms with Crippen LogP contribution >= 0.6 is 11.6 Å². The smallest absolute Gasteiger partial charge is 0.251 e. The Labute approximate surface area is 198 Å². The van der Waals surface area contributed by atoms with E-state index in [1.807, 2.05) is 0 Å². The number of nitrogens with one attached hydrogen (secondary N) is 1. The van der Waals surface area contributed by atoms with Crippen molar-refractivity contribution in [2.24, 2.45) is 0 Å². The highest BCUT2D eigenvalue weighted by atomic mass is 35.5. The molecule has 34 heavy (non-hydrogen) atoms. The molecule has 0 unspecified atom stereocenters. The predicted molar refractivity (Wildman–Crippen MR) is 119 cm³/mol. The molecular formula is C22H21ClF2N6O3. The average Bonchev–Trinajstić information content (AvgIpc) is 3.51. The summed E-state index contributed by atoms with van der Waals surface area (Å²) in [5, 5.41) is 14.5. The lowest BCUT2D eigenvalue weighted by atomic mass is 10.2. The van der Waals surface area contributed by atoms with Crippen LogP contribution in [0, 0.1) is 11.6 Å². The molecule has 1 aromatic heterocycles. The molecule has 1 saturated heterocycles. The van der Waals surface area contributed by atoms with Crippen molar-refractivity contribution < 1.29 is 23.1 Å². The fourth-order valence-corrected chi connectivity index (χ4v) is 3.61. The van der Waals surface area contributed by atoms with E-state index in [9.17, 15) is 18.4 Å². The molecule has 0 saturated carbocycles. The van der Waals surface area contributed by atoms with Crippen molar-refractivity contribution in [3.63, 3.8) is 0 Å². The molecule has 0 aliphatic carbocycles. The van der Waals surface area contributed by atoms with Gasteiger partial charge in [0.25, 0.3) is 5.91 Å². The first kappa shape index (κ1) is 23.7. The molecule has 2 aromatic carbocycles. The summed E-state index contributed by atoms with van der Waals surface area (Å²) < 4.78 is 32.3. The Hall–Kier alpha value is -3.44. The molecule has 9 nitrogen and oxygen atoms in total. The second-order valence-corrected chi connectivity index (χ2v) is 8.07. The molecule has 178 valence electrons. The SMILES string of the molecule is O=C(CN(C(=O)Cn1nnc(-c2ccc(F)cc2)n1)c1ccc(F)c(Cl)c1)NC[C@H]1CCCO1. The molecule has 12 heteroatoms. The molecule has 0 bridgehead atoms. The summed E-state index contributed by atoms with van der Waals surface area (Å²) in [7, 11) is 0. The number of tetrazole rings is 1. The lowest BCUT2D eigenvalue weighted by Gasteiger charge is -2.23. The summed E-state index contributed by atoms with van der Waals surface area (Å²) >= 11 is 5.89. The van der Waals surface area contributed by atoms with Crippen LogP contribution in [0.15, 0.2) is 42.5 Å². The van der Waals surface area contributed by atoms with E-state index in [4.69, 9.17) is 16.3 Å². The Morgan fingerprint density at radius 1 is 1.21 bits per heavy atom. The van der Waals surface area contributed by atoms with Gasteiger partial charge in [-0.25, -0.2) is 8.78 Å². The van der Waals surface area contributed by atoms with E-state index in [-0.39, 0.29) is 35.7 Å². The third kappa shape index (κ3) is 5.91. The summed E-state index contributed by atoms with van der Waals surface area (Å²) in [6.07, 6.45) is 1.73. The number of nitrogens with zero attached hydrogens (tertiary/aromatic N) is 5. The van der Waals surface area contributed by atoms with E-state index in [0.717, 1.165) is 28.6 Å². The van der Waals surface area contributed by atoms with Gasteiger partial charge in [-0.3, -0.25) is 9.59 Å². The van der Waals surface area contributed by atoms with Crippen LogP contribution in [0.25, 0.3) is 11.4 Å². The number of hydrogen-bond acceptors (Lipinski definition) is 6. The first-order chi connectivity index (χ1) is 16.4. The van der Waals surface area contributed by atoms with Gasteiger partial charge >= 0.3 is 0 Å². The van der Waals surface area contributed by atoms with Gasteiger partial charge in [0.05, 0.1) is 11.1 Å². The maximum atomic E-state index is 13.7. The topological polar surface area (TPSA) is 102 Å². The average molecular weight is 491 g/mol. The Morgan fingerprint density at radius 3 is 2.71 bits per heavy atom. The van der Waals surface area contributed by atoms with Crippen LogP contribution in [0.5, 0.6) is 0 Å². The van der Waals surface area contributed by atoms with Crippen LogP contribution in [0.4, 0.5) is 14.5 Å². The van der Waals surface area contributed by atoms with Gasteiger partial charge in [0.2, 0.25) is 11.7 Å². The number of carbonyl (C=O) groups is 2. The van der Waals surface area contributed by atoms with E-state index in [0.29, 0.717) is 18.7 Å². The first-order valence-electron chi connectivity index (χ1n) is 10.6. The van der Waals surface area contributed by atoms with Crippen molar-refractivity contribution in [1.82, 2.24) is 25.5 Å². The third-order valence-electron chi connectivity index (χ3n) is 5.20. The number of aromatic nitrogens is 4. The highest BCUT2D eigenvalue weighted by Gasteiger charge is 2.23. The molecule has 0 radical (unpaired) electrons. The van der Waals surface area contributed by atoms with Gasteiger partial charge in [0.15, 0.2) is 0 Å². The molecule has 3 aromatic rings. The number of carbonyl (C=O) groups excluding carboxylic acids is 2. The number of halogens is 3. The molecule has 1 atom stereocenters. The lowest BCUT2D eigenvalue weighted by Crippen LogP contribution is -2.44. The summed E-state index contributed by atoms with van der Waals surface area (Å²) in [5.74, 6) is -1.81. The summed E-state index contributed by atoms with van der Waals surface area (Å²) in [6.45, 7) is 0.315. The van der Waals surface area contributed by atoms with E-state index < -0.39 is 23.4 Å². The van der Waals surface area contributed by atoms with Gasteiger partial charge in [-0.05, 0) is 60.5 Å². The Balaban J connectivity index is 1.48. The van der Waals surface area contributed by atoms with Gasteiger partial charge in [-0.2, -0.15) is 4.80 Å². The van der Waals surface area contributed by atoms with Gasteiger partial charge < -0.3 is 15.0 Å². The highest BCUT2D eigenvalue weighted by Crippen LogP contribution is 2.23. The number of hydrogen-bond donors (Lipinski definition) is 1. The molecule has 0 spiro atoms. The van der Waals surface area contributed by atoms with Crippen LogP contribution in [-0.2, 0) is 20.9 Å². The summed E-state index contributed by atoms with van der Waals surface area (Å²) in [4.78, 5) is 27.9. The van der Waals surface area contributed by atoms with Gasteiger partial charge in [-0.15, -0.1) is 10.2 Å². The number of amides is 2. The minimum absolute atomic E-state index is 0.0578. The van der Waals surface area contributed by atoms with Crippen LogP contribution in [0.2, 0.25) is 5.02 Å². The fourth-order valence-electron chi connectivity index (χ4n) is 3.44. The van der Waals surface area contributed by atoms with Crippen molar-refractivity contribution in [3.8, 4) is 11.4 Å². The Morgan fingerprint density at radius 2 is 2.00 bits per heavy atom. The van der Waals surface area contributed by atoms with Crippen molar-refractivity contribution in [3.05, 3.63) is 59.1 Å². The molecule has 2 amide bonds. The minimum atomic E-state index is -0.650. The van der Waals surface area contributed by atoms with Gasteiger partial charge in [0, 0.05) is 24.4 Å². The number of benzene rings is 2. The monoisotopic (exact) mass is 490 g/mol. The second-order valence-electron chi connectivity index (χ2n) is 7.67. The van der Waals surface area contributed by atoms with Crippen molar-refractivity contribution in [2.45, 2.75) is 25.5 Å². The molecule has 1 fully saturated rings. The largest absolute Gasteiger partial charge is 0.376 e. The van der Waals surface area contributed by atoms with Crippen molar-refractivity contribution >= 4 is 29.1 Å². The van der Waals surface area contributed by atoms with Crippen molar-refractivity contribution in [1.29, 1.82) is 0 Å². The number of anilines is 1. The first-order valence-corrected chi connectivity index (χ1v) is 10.9. The van der Waals surface area contributed by atoms with Crippen LogP contribution in [0.3, 0.4) is 0 Å². The van der Waals surface area contributed by atoms with Crippen LogP contribution in [0.1, 0.15) is 12.8 Å². The van der Waals surface area contributed by atoms with Gasteiger partial charge in [0.1, 0.15) is 24.7 Å². The van der Waals surface area contributed by atoms with E-state index in [1.54, 1.807) is 0 Å². The van der Waals surface area contributed by atoms with Crippen molar-refractivity contribution in [2.75, 3.05) is 24.6 Å². The predicted octanol–water partition coefficient (Wildman–Crippen LogP) is 2.60. The van der Waals surface area contributed by atoms with E-state index in [2.05, 4.69) is 20.7 Å². The molecule has 1 aliphatic rings. The summed E-state index contributed by atoms with van der Waals surface area (Å²) in [6, 6.07) is 9.23. The van der Waals surface area contributed by atoms with Crippen LogP contribution < -0.4 is 10.2 Å². The number of ether oxygens (including phenoxy) is 1. The normalized spacial score (nSPS) is 15.3. The standard InChI is InChI=1S/C22H21ClF2N6O3/c23-18-10-16(7-8-19(18)25)30(12-20(32)26-11-17-2-1-9-34-17)21(33)13-31-28-22(27-29-31)14-3-5-15(24)6-4-14/h3-8,10,17H,1-2,9,11-13H2,(H,26,32)/t17-/m1/s1. The molecule has 1 N–H and O–H groups in total. The molecule has 1 aliphatic heterocycles. The highest BCUT2D eigenvalue weighted by molar-refractivity contribution is 6.31. The number of rotatable bonds is 8. The fraction of sp³-hybridized carbons (Fsp3) is 0.318. The zero-order chi connectivity index (χ0) is 24.1. The quantitative estimate of drug-likeness (QED) is 0.521. The molecule has 4 rings (SSSR count). The Bertz CT molecular complexity index is 1170. The second kappa shape index (κ2) is 10.7. The zero-order valence-corrected chi connectivity index (χ0v) is 18.7.